The van der Waals surface area contributed by atoms with Crippen molar-refractivity contribution in [1.29, 1.82) is 0 Å². The van der Waals surface area contributed by atoms with Crippen LogP contribution in [0.1, 0.15) is 45.1 Å². The lowest BCUT2D eigenvalue weighted by Crippen LogP contribution is -2.22. The van der Waals surface area contributed by atoms with Crippen LogP contribution in [0.3, 0.4) is 0 Å². The molecule has 0 saturated heterocycles. The second kappa shape index (κ2) is 8.81. The highest BCUT2D eigenvalue weighted by Gasteiger charge is 2.06. The number of ether oxygens (including phenoxy) is 1. The second-order valence-electron chi connectivity index (χ2n) is 5.11. The standard InChI is InChI=1S/C16H28N2O/c1-4-6-7-13(5-2)11-18-12-14-8-9-15(19-3)10-16(14)17/h8-10,13,18H,4-7,11-12,17H2,1-3H3. The Morgan fingerprint density at radius 1 is 1.32 bits per heavy atom. The summed E-state index contributed by atoms with van der Waals surface area (Å²) in [5.41, 5.74) is 7.95. The van der Waals surface area contributed by atoms with Gasteiger partial charge < -0.3 is 15.8 Å². The van der Waals surface area contributed by atoms with Crippen molar-refractivity contribution >= 4 is 5.69 Å². The van der Waals surface area contributed by atoms with E-state index in [0.29, 0.717) is 0 Å². The SMILES string of the molecule is CCCCC(CC)CNCc1ccc(OC)cc1N. The van der Waals surface area contributed by atoms with Crippen molar-refractivity contribution in [2.45, 2.75) is 46.1 Å². The van der Waals surface area contributed by atoms with Crippen molar-refractivity contribution in [3.63, 3.8) is 0 Å². The lowest BCUT2D eigenvalue weighted by molar-refractivity contribution is 0.413. The molecule has 1 rings (SSSR count). The molecule has 0 heterocycles. The molecule has 0 aliphatic carbocycles. The topological polar surface area (TPSA) is 47.3 Å². The van der Waals surface area contributed by atoms with E-state index in [0.717, 1.165) is 36.0 Å². The number of unbranched alkanes of at least 4 members (excludes halogenated alkanes) is 1. The molecule has 0 amide bonds. The zero-order valence-electron chi connectivity index (χ0n) is 12.5. The van der Waals surface area contributed by atoms with Crippen LogP contribution in [0.4, 0.5) is 5.69 Å². The van der Waals surface area contributed by atoms with Crippen LogP contribution >= 0.6 is 0 Å². The van der Waals surface area contributed by atoms with E-state index in [1.54, 1.807) is 7.11 Å². The number of methoxy groups -OCH3 is 1. The van der Waals surface area contributed by atoms with Crippen molar-refractivity contribution in [2.75, 3.05) is 19.4 Å². The number of rotatable bonds is 9. The first kappa shape index (κ1) is 15.8. The van der Waals surface area contributed by atoms with Crippen LogP contribution in [-0.2, 0) is 6.54 Å². The Labute approximate surface area is 117 Å². The monoisotopic (exact) mass is 264 g/mol. The van der Waals surface area contributed by atoms with E-state index in [1.165, 1.54) is 25.7 Å². The fraction of sp³-hybridized carbons (Fsp3) is 0.625. The molecule has 1 aromatic rings. The van der Waals surface area contributed by atoms with Gasteiger partial charge in [0, 0.05) is 18.3 Å². The van der Waals surface area contributed by atoms with Crippen LogP contribution in [0.5, 0.6) is 5.75 Å². The van der Waals surface area contributed by atoms with Gasteiger partial charge in [-0.1, -0.05) is 39.2 Å². The Balaban J connectivity index is 2.39. The molecule has 1 aromatic carbocycles. The number of nitrogens with one attached hydrogen (secondary N) is 1. The van der Waals surface area contributed by atoms with Crippen LogP contribution in [-0.4, -0.2) is 13.7 Å². The summed E-state index contributed by atoms with van der Waals surface area (Å²) in [6.07, 6.45) is 5.16. The first-order chi connectivity index (χ1) is 9.21. The lowest BCUT2D eigenvalue weighted by Gasteiger charge is -2.16. The van der Waals surface area contributed by atoms with E-state index >= 15 is 0 Å². The molecule has 0 aliphatic heterocycles. The Morgan fingerprint density at radius 3 is 2.68 bits per heavy atom. The number of nitrogens with two attached hydrogens (primary N) is 1. The second-order valence-corrected chi connectivity index (χ2v) is 5.11. The van der Waals surface area contributed by atoms with Crippen LogP contribution < -0.4 is 15.8 Å². The summed E-state index contributed by atoms with van der Waals surface area (Å²) < 4.78 is 5.15. The summed E-state index contributed by atoms with van der Waals surface area (Å²) in [5, 5.41) is 3.52. The molecule has 3 N–H and O–H groups in total. The summed E-state index contributed by atoms with van der Waals surface area (Å²) in [5.74, 6) is 1.59. The van der Waals surface area contributed by atoms with Crippen molar-refractivity contribution in [1.82, 2.24) is 5.32 Å². The smallest absolute Gasteiger partial charge is 0.120 e. The minimum atomic E-state index is 0.777. The van der Waals surface area contributed by atoms with Gasteiger partial charge in [-0.05, 0) is 30.5 Å². The minimum absolute atomic E-state index is 0.777. The largest absolute Gasteiger partial charge is 0.497 e. The molecule has 0 bridgehead atoms. The average molecular weight is 264 g/mol. The molecule has 108 valence electrons. The molecule has 1 unspecified atom stereocenters. The molecule has 0 aliphatic rings. The van der Waals surface area contributed by atoms with Crippen molar-refractivity contribution < 1.29 is 4.74 Å². The fourth-order valence-corrected chi connectivity index (χ4v) is 2.22. The third kappa shape index (κ3) is 5.52. The van der Waals surface area contributed by atoms with E-state index in [-0.39, 0.29) is 0 Å². The number of nitrogen functional groups attached to an aromatic ring is 1. The van der Waals surface area contributed by atoms with Gasteiger partial charge >= 0.3 is 0 Å². The van der Waals surface area contributed by atoms with Gasteiger partial charge in [0.15, 0.2) is 0 Å². The summed E-state index contributed by atoms with van der Waals surface area (Å²) in [6, 6.07) is 5.88. The fourth-order valence-electron chi connectivity index (χ4n) is 2.22. The first-order valence-electron chi connectivity index (χ1n) is 7.34. The Morgan fingerprint density at radius 2 is 2.11 bits per heavy atom. The minimum Gasteiger partial charge on any atom is -0.497 e. The number of benzene rings is 1. The third-order valence-electron chi connectivity index (χ3n) is 3.64. The predicted octanol–water partition coefficient (Wildman–Crippen LogP) is 3.58. The van der Waals surface area contributed by atoms with Crippen LogP contribution in [0.25, 0.3) is 0 Å². The molecule has 0 fully saturated rings. The highest BCUT2D eigenvalue weighted by Crippen LogP contribution is 2.19. The molecular weight excluding hydrogens is 236 g/mol. The van der Waals surface area contributed by atoms with Crippen LogP contribution in [0.15, 0.2) is 18.2 Å². The van der Waals surface area contributed by atoms with Gasteiger partial charge in [-0.2, -0.15) is 0 Å². The quantitative estimate of drug-likeness (QED) is 0.670. The summed E-state index contributed by atoms with van der Waals surface area (Å²) in [4.78, 5) is 0. The normalized spacial score (nSPS) is 12.4. The van der Waals surface area contributed by atoms with E-state index < -0.39 is 0 Å². The zero-order chi connectivity index (χ0) is 14.1. The van der Waals surface area contributed by atoms with Gasteiger partial charge in [0.1, 0.15) is 5.75 Å². The number of hydrogen-bond donors (Lipinski definition) is 2. The molecule has 0 radical (unpaired) electrons. The Hall–Kier alpha value is -1.22. The molecule has 19 heavy (non-hydrogen) atoms. The van der Waals surface area contributed by atoms with Crippen molar-refractivity contribution in [2.24, 2.45) is 5.92 Å². The van der Waals surface area contributed by atoms with Gasteiger partial charge in [-0.25, -0.2) is 0 Å². The van der Waals surface area contributed by atoms with Crippen LogP contribution in [0, 0.1) is 5.92 Å². The van der Waals surface area contributed by atoms with E-state index in [2.05, 4.69) is 19.2 Å². The molecular formula is C16H28N2O. The van der Waals surface area contributed by atoms with Gasteiger partial charge in [-0.3, -0.25) is 0 Å². The molecule has 0 aromatic heterocycles. The van der Waals surface area contributed by atoms with Crippen LogP contribution in [0.2, 0.25) is 0 Å². The maximum atomic E-state index is 6.01. The summed E-state index contributed by atoms with van der Waals surface area (Å²) in [6.45, 7) is 6.42. The van der Waals surface area contributed by atoms with Crippen molar-refractivity contribution in [3.05, 3.63) is 23.8 Å². The zero-order valence-corrected chi connectivity index (χ0v) is 12.5. The molecule has 0 saturated carbocycles. The summed E-state index contributed by atoms with van der Waals surface area (Å²) >= 11 is 0. The third-order valence-corrected chi connectivity index (χ3v) is 3.64. The van der Waals surface area contributed by atoms with E-state index in [1.807, 2.05) is 18.2 Å². The number of hydrogen-bond acceptors (Lipinski definition) is 3. The van der Waals surface area contributed by atoms with E-state index in [4.69, 9.17) is 10.5 Å². The predicted molar refractivity (Wildman–Crippen MR) is 82.4 cm³/mol. The maximum absolute atomic E-state index is 6.01. The van der Waals surface area contributed by atoms with Crippen molar-refractivity contribution in [3.8, 4) is 5.75 Å². The van der Waals surface area contributed by atoms with Gasteiger partial charge in [-0.15, -0.1) is 0 Å². The summed E-state index contributed by atoms with van der Waals surface area (Å²) in [7, 11) is 1.66. The maximum Gasteiger partial charge on any atom is 0.120 e. The van der Waals surface area contributed by atoms with Gasteiger partial charge in [0.05, 0.1) is 7.11 Å². The highest BCUT2D eigenvalue weighted by atomic mass is 16.5. The highest BCUT2D eigenvalue weighted by molar-refractivity contribution is 5.51. The molecule has 3 heteroatoms. The molecule has 3 nitrogen and oxygen atoms in total. The molecule has 1 atom stereocenters. The first-order valence-corrected chi connectivity index (χ1v) is 7.34. The lowest BCUT2D eigenvalue weighted by atomic mass is 9.99. The van der Waals surface area contributed by atoms with E-state index in [9.17, 15) is 0 Å². The Kier molecular flexibility index (Phi) is 7.34. The Bertz CT molecular complexity index is 366. The van der Waals surface area contributed by atoms with Gasteiger partial charge in [0.25, 0.3) is 0 Å². The van der Waals surface area contributed by atoms with Gasteiger partial charge in [0.2, 0.25) is 0 Å². The molecule has 0 spiro atoms. The number of anilines is 1. The average Bonchev–Trinajstić information content (AvgIpc) is 2.44.